The van der Waals surface area contributed by atoms with Gasteiger partial charge >= 0.3 is 293 Å². The Morgan fingerprint density at radius 3 is 2.08 bits per heavy atom. The van der Waals surface area contributed by atoms with Crippen molar-refractivity contribution >= 4 is 64.0 Å². The van der Waals surface area contributed by atoms with E-state index in [4.69, 9.17) is 21.1 Å². The Labute approximate surface area is 291 Å². The average molecular weight is 754 g/mol. The molecule has 0 spiro atoms. The van der Waals surface area contributed by atoms with E-state index in [1.165, 1.54) is 36.4 Å². The molecule has 0 aromatic heterocycles. The molecule has 251 valence electrons. The van der Waals surface area contributed by atoms with Gasteiger partial charge < -0.3 is 0 Å². The maximum absolute atomic E-state index is 14.1. The third-order valence-corrected chi connectivity index (χ3v) is 11.3. The first-order valence-corrected chi connectivity index (χ1v) is 18.6. The minimum atomic E-state index is -4.45. The van der Waals surface area contributed by atoms with Crippen LogP contribution < -0.4 is 14.0 Å². The number of rotatable bonds is 16. The van der Waals surface area contributed by atoms with E-state index in [0.29, 0.717) is 4.35 Å². The summed E-state index contributed by atoms with van der Waals surface area (Å²) in [6, 6.07) is 27.7. The number of ether oxygens (including phenoxy) is 2. The molecule has 0 heterocycles. The second-order valence-corrected chi connectivity index (χ2v) is 15.7. The van der Waals surface area contributed by atoms with Gasteiger partial charge in [-0.1, -0.05) is 0 Å². The fourth-order valence-electron chi connectivity index (χ4n) is 4.70. The van der Waals surface area contributed by atoms with Crippen molar-refractivity contribution in [2.75, 3.05) is 10.9 Å². The van der Waals surface area contributed by atoms with Crippen LogP contribution in [0, 0.1) is 5.92 Å². The Morgan fingerprint density at radius 2 is 1.48 bits per heavy atom. The number of carboxylic acid groups (broad SMARTS) is 1. The first-order valence-electron chi connectivity index (χ1n) is 14.9. The van der Waals surface area contributed by atoms with E-state index in [9.17, 15) is 27.9 Å². The number of hydrogen-bond acceptors (Lipinski definition) is 7. The molecule has 13 heteroatoms. The Kier molecular flexibility index (Phi) is 13.2. The normalized spacial score (nSPS) is 12.8. The predicted octanol–water partition coefficient (Wildman–Crippen LogP) is 5.01. The number of nitrogens with zero attached hydrogens (tertiary/aromatic N) is 1. The fraction of sp³-hybridized carbons (Fsp3) is 0.229. The monoisotopic (exact) mass is 753 g/mol. The molecule has 48 heavy (non-hydrogen) atoms. The molecule has 0 saturated heterocycles. The van der Waals surface area contributed by atoms with Gasteiger partial charge in [-0.2, -0.15) is 0 Å². The van der Waals surface area contributed by atoms with Gasteiger partial charge in [0.1, 0.15) is 0 Å². The number of benzene rings is 4. The number of alkyl carbamates (subject to hydrolysis) is 1. The van der Waals surface area contributed by atoms with Crippen LogP contribution in [-0.4, -0.2) is 64.6 Å². The third kappa shape index (κ3) is 10.2. The van der Waals surface area contributed by atoms with Crippen LogP contribution in [0.1, 0.15) is 25.0 Å². The van der Waals surface area contributed by atoms with Gasteiger partial charge in [0.2, 0.25) is 0 Å². The number of aliphatic carboxylic acids is 1. The summed E-state index contributed by atoms with van der Waals surface area (Å²) in [5, 5.41) is 12.9. The molecule has 2 unspecified atom stereocenters. The van der Waals surface area contributed by atoms with E-state index < -0.39 is 55.8 Å². The number of amides is 1. The number of carbonyl (C=O) groups excluding carboxylic acids is 2. The number of carbonyl (C=O) groups is 3. The molecule has 0 bridgehead atoms. The molecule has 0 aliphatic carbocycles. The van der Waals surface area contributed by atoms with Gasteiger partial charge in [0, 0.05) is 0 Å². The number of carboxylic acids is 1. The quantitative estimate of drug-likeness (QED) is 0.152. The summed E-state index contributed by atoms with van der Waals surface area (Å²) in [6.45, 7) is 3.30. The topological polar surface area (TPSA) is 139 Å². The Hall–Kier alpha value is -4.15. The van der Waals surface area contributed by atoms with Crippen LogP contribution in [0.15, 0.2) is 114 Å². The number of halogens is 1. The second-order valence-electron chi connectivity index (χ2n) is 11.0. The van der Waals surface area contributed by atoms with Crippen molar-refractivity contribution in [1.29, 1.82) is 0 Å². The average Bonchev–Trinajstić information content (AvgIpc) is 3.06. The van der Waals surface area contributed by atoms with Crippen LogP contribution >= 0.6 is 11.6 Å². The molecule has 4 aromatic rings. The van der Waals surface area contributed by atoms with Crippen LogP contribution in [0.25, 0.3) is 0 Å². The van der Waals surface area contributed by atoms with Crippen molar-refractivity contribution in [2.45, 2.75) is 44.0 Å². The SMILES string of the molecule is CC(C)C(C(=O)O)N(c1cccc(Cl)c1)S(=O)(=O)c1cccc([As]C(=O)C(COCc2ccccc2)NC(=O)OCc2ccccc2)c1. The Balaban J connectivity index is 1.56. The van der Waals surface area contributed by atoms with Crippen LogP contribution in [0.4, 0.5) is 10.5 Å². The molecule has 0 saturated carbocycles. The Bertz CT molecular complexity index is 1810. The van der Waals surface area contributed by atoms with Gasteiger partial charge in [-0.05, 0) is 0 Å². The second kappa shape index (κ2) is 17.3. The van der Waals surface area contributed by atoms with Crippen molar-refractivity contribution in [1.82, 2.24) is 5.32 Å². The molecule has 0 aliphatic heterocycles. The molecule has 4 rings (SSSR count). The minimum absolute atomic E-state index is 0.00289. The summed E-state index contributed by atoms with van der Waals surface area (Å²) in [5.74, 6) is -1.92. The van der Waals surface area contributed by atoms with Gasteiger partial charge in [-0.15, -0.1) is 0 Å². The van der Waals surface area contributed by atoms with E-state index in [1.54, 1.807) is 38.1 Å². The summed E-state index contributed by atoms with van der Waals surface area (Å²) in [4.78, 5) is 38.6. The predicted molar refractivity (Wildman–Crippen MR) is 184 cm³/mol. The number of anilines is 1. The Morgan fingerprint density at radius 1 is 0.854 bits per heavy atom. The maximum atomic E-state index is 14.1. The molecule has 1 amide bonds. The first kappa shape index (κ1) is 36.7. The molecular formula is C35H35AsClN2O8S. The van der Waals surface area contributed by atoms with Gasteiger partial charge in [0.05, 0.1) is 0 Å². The van der Waals surface area contributed by atoms with Gasteiger partial charge in [-0.25, -0.2) is 0 Å². The summed E-state index contributed by atoms with van der Waals surface area (Å²) in [7, 11) is -4.45. The molecule has 2 atom stereocenters. The zero-order chi connectivity index (χ0) is 34.7. The van der Waals surface area contributed by atoms with Gasteiger partial charge in [-0.3, -0.25) is 0 Å². The molecule has 10 nitrogen and oxygen atoms in total. The van der Waals surface area contributed by atoms with Gasteiger partial charge in [0.15, 0.2) is 0 Å². The zero-order valence-electron chi connectivity index (χ0n) is 26.2. The van der Waals surface area contributed by atoms with E-state index in [1.807, 2.05) is 48.5 Å². The van der Waals surface area contributed by atoms with Crippen molar-refractivity contribution in [3.8, 4) is 0 Å². The van der Waals surface area contributed by atoms with Crippen LogP contribution in [-0.2, 0) is 42.3 Å². The molecular weight excluding hydrogens is 719 g/mol. The van der Waals surface area contributed by atoms with E-state index in [2.05, 4.69) is 5.32 Å². The molecule has 2 N–H and O–H groups in total. The summed E-state index contributed by atoms with van der Waals surface area (Å²) in [6.07, 6.45) is -0.802. The summed E-state index contributed by atoms with van der Waals surface area (Å²) >= 11 is 4.82. The third-order valence-electron chi connectivity index (χ3n) is 7.01. The van der Waals surface area contributed by atoms with E-state index >= 15 is 0 Å². The van der Waals surface area contributed by atoms with Crippen LogP contribution in [0.3, 0.4) is 0 Å². The number of nitrogens with one attached hydrogen (secondary N) is 1. The van der Waals surface area contributed by atoms with Gasteiger partial charge in [0.25, 0.3) is 0 Å². The van der Waals surface area contributed by atoms with Crippen molar-refractivity contribution in [3.05, 3.63) is 125 Å². The first-order chi connectivity index (χ1) is 23.0. The summed E-state index contributed by atoms with van der Waals surface area (Å²) < 4.78 is 40.3. The molecule has 0 fully saturated rings. The zero-order valence-corrected chi connectivity index (χ0v) is 29.7. The van der Waals surface area contributed by atoms with Crippen LogP contribution in [0.5, 0.6) is 0 Å². The number of hydrogen-bond donors (Lipinski definition) is 2. The van der Waals surface area contributed by atoms with E-state index in [-0.39, 0.29) is 40.0 Å². The fourth-order valence-corrected chi connectivity index (χ4v) is 8.77. The molecule has 4 aromatic carbocycles. The summed E-state index contributed by atoms with van der Waals surface area (Å²) in [5.41, 5.74) is 1.74. The van der Waals surface area contributed by atoms with E-state index in [0.717, 1.165) is 15.4 Å². The van der Waals surface area contributed by atoms with Crippen molar-refractivity contribution < 1.29 is 37.4 Å². The standard InChI is InChI=1S/C35H35AsClN2O8S/c1-24(2)32(34(41)42)39(29-17-10-16-28(37)20-29)48(44,45)30-18-9-15-27(19-30)36-33(40)31(23-46-21-25-11-5-3-6-12-25)38-35(43)47-22-26-13-7-4-8-14-26/h3-20,24,31-32H,21-23H2,1-2H3,(H,38,43)(H,41,42). The molecule has 1 radical (unpaired) electrons. The number of sulfonamides is 1. The van der Waals surface area contributed by atoms with Crippen molar-refractivity contribution in [2.24, 2.45) is 5.92 Å². The van der Waals surface area contributed by atoms with Crippen molar-refractivity contribution in [3.63, 3.8) is 0 Å². The van der Waals surface area contributed by atoms with Crippen LogP contribution in [0.2, 0.25) is 5.02 Å². The molecule has 0 aliphatic rings.